The van der Waals surface area contributed by atoms with Gasteiger partial charge in [-0.15, -0.1) is 0 Å². The fourth-order valence-electron chi connectivity index (χ4n) is 5.63. The van der Waals surface area contributed by atoms with Gasteiger partial charge in [-0.05, 0) is 79.9 Å². The zero-order valence-corrected chi connectivity index (χ0v) is 31.0. The molecule has 12 heteroatoms. The molecule has 1 heterocycles. The highest BCUT2D eigenvalue weighted by molar-refractivity contribution is 7.90. The largest absolute Gasteiger partial charge is 0.416 e. The topological polar surface area (TPSA) is 90.0 Å². The van der Waals surface area contributed by atoms with E-state index >= 15 is 4.39 Å². The second-order valence-corrected chi connectivity index (χ2v) is 22.0. The van der Waals surface area contributed by atoms with E-state index in [1.54, 1.807) is 24.3 Å². The molecule has 0 unspecified atom stereocenters. The van der Waals surface area contributed by atoms with Crippen LogP contribution in [0.15, 0.2) is 59.5 Å². The standard InChI is InChI=1S/C35H40Cl2FNO6SSi/c1-22(40)24-16-28-31(29(38)17-24)35(25-9-12-26(36)13-10-25,44-20-34(14-15-34)21-45-47(6,7)33(2,3)4)39(32(28)41)19-23-8-11-27(37)18-30(23)46(5,42)43/h8-13,16-18H,14-15,19-21H2,1-7H3/t35-/m1/s1. The molecule has 0 N–H and O–H groups in total. The number of ketones is 1. The molecule has 7 nitrogen and oxygen atoms in total. The van der Waals surface area contributed by atoms with Crippen molar-refractivity contribution >= 4 is 53.0 Å². The van der Waals surface area contributed by atoms with Crippen molar-refractivity contribution in [1.82, 2.24) is 4.90 Å². The van der Waals surface area contributed by atoms with Gasteiger partial charge in [-0.3, -0.25) is 14.5 Å². The lowest BCUT2D eigenvalue weighted by molar-refractivity contribution is -0.130. The zero-order chi connectivity index (χ0) is 34.7. The third-order valence-electron chi connectivity index (χ3n) is 9.77. The molecule has 2 aliphatic rings. The SMILES string of the molecule is CC(=O)c1cc(F)c2c(c1)C(=O)N(Cc1ccc(Cl)cc1S(C)(=O)=O)[C@@]2(OCC1(CO[Si](C)(C)C(C)(C)C)CC1)c1ccc(Cl)cc1. The van der Waals surface area contributed by atoms with Crippen molar-refractivity contribution in [1.29, 1.82) is 0 Å². The lowest BCUT2D eigenvalue weighted by atomic mass is 9.91. The number of rotatable bonds is 11. The van der Waals surface area contributed by atoms with Crippen LogP contribution in [0.1, 0.15) is 77.9 Å². The van der Waals surface area contributed by atoms with Crippen molar-refractivity contribution in [3.63, 3.8) is 0 Å². The summed E-state index contributed by atoms with van der Waals surface area (Å²) in [6, 6.07) is 13.5. The minimum Gasteiger partial charge on any atom is -0.416 e. The Hall–Kier alpha value is -2.60. The maximum Gasteiger partial charge on any atom is 0.257 e. The first-order valence-corrected chi connectivity index (χ1v) is 21.0. The van der Waals surface area contributed by atoms with E-state index in [4.69, 9.17) is 32.4 Å². The Morgan fingerprint density at radius 1 is 1.00 bits per heavy atom. The summed E-state index contributed by atoms with van der Waals surface area (Å²) < 4.78 is 55.8. The van der Waals surface area contributed by atoms with Gasteiger partial charge in [-0.25, -0.2) is 12.8 Å². The molecule has 0 radical (unpaired) electrons. The van der Waals surface area contributed by atoms with Gasteiger partial charge in [0.25, 0.3) is 5.91 Å². The molecule has 1 fully saturated rings. The molecule has 0 bridgehead atoms. The zero-order valence-electron chi connectivity index (χ0n) is 27.7. The molecule has 0 aromatic heterocycles. The van der Waals surface area contributed by atoms with E-state index in [-0.39, 0.29) is 55.8 Å². The number of fused-ring (bicyclic) bond motifs is 1. The Balaban J connectivity index is 1.69. The molecule has 1 aliphatic carbocycles. The third-order valence-corrected chi connectivity index (χ3v) is 15.9. The average molecular weight is 721 g/mol. The van der Waals surface area contributed by atoms with Crippen molar-refractivity contribution in [3.05, 3.63) is 98.3 Å². The van der Waals surface area contributed by atoms with Gasteiger partial charge in [-0.1, -0.05) is 62.2 Å². The predicted octanol–water partition coefficient (Wildman–Crippen LogP) is 8.41. The van der Waals surface area contributed by atoms with Gasteiger partial charge in [0, 0.05) is 39.4 Å². The van der Waals surface area contributed by atoms with Crippen LogP contribution in [-0.2, 0) is 31.3 Å². The van der Waals surface area contributed by atoms with Crippen LogP contribution in [0, 0.1) is 11.2 Å². The normalized spacial score (nSPS) is 19.2. The molecule has 252 valence electrons. The highest BCUT2D eigenvalue weighted by Crippen LogP contribution is 2.53. The van der Waals surface area contributed by atoms with Gasteiger partial charge in [0.1, 0.15) is 5.82 Å². The van der Waals surface area contributed by atoms with Crippen LogP contribution in [0.4, 0.5) is 4.39 Å². The number of hydrogen-bond acceptors (Lipinski definition) is 6. The number of ether oxygens (including phenoxy) is 1. The number of carbonyl (C=O) groups excluding carboxylic acids is 2. The molecule has 5 rings (SSSR count). The number of Topliss-reactive ketones (excluding diaryl/α,β-unsaturated/α-hetero) is 1. The Morgan fingerprint density at radius 2 is 1.62 bits per heavy atom. The molecule has 3 aromatic carbocycles. The molecule has 47 heavy (non-hydrogen) atoms. The Morgan fingerprint density at radius 3 is 2.17 bits per heavy atom. The fraction of sp³-hybridized carbons (Fsp3) is 0.429. The van der Waals surface area contributed by atoms with Gasteiger partial charge in [0.05, 0.1) is 29.2 Å². The van der Waals surface area contributed by atoms with Crippen LogP contribution in [-0.4, -0.2) is 52.8 Å². The van der Waals surface area contributed by atoms with Crippen LogP contribution in [0.3, 0.4) is 0 Å². The van der Waals surface area contributed by atoms with Crippen LogP contribution in [0.5, 0.6) is 0 Å². The van der Waals surface area contributed by atoms with E-state index in [0.29, 0.717) is 17.2 Å². The summed E-state index contributed by atoms with van der Waals surface area (Å²) in [5, 5.41) is 0.626. The fourth-order valence-corrected chi connectivity index (χ4v) is 8.04. The van der Waals surface area contributed by atoms with Crippen LogP contribution in [0.2, 0.25) is 28.2 Å². The van der Waals surface area contributed by atoms with Gasteiger partial charge in [0.15, 0.2) is 29.7 Å². The number of carbonyl (C=O) groups is 2. The summed E-state index contributed by atoms with van der Waals surface area (Å²) in [6.45, 7) is 12.5. The minimum absolute atomic E-state index is 0.00444. The summed E-state index contributed by atoms with van der Waals surface area (Å²) >= 11 is 12.5. The first-order valence-electron chi connectivity index (χ1n) is 15.4. The molecule has 1 saturated carbocycles. The Bertz CT molecular complexity index is 1850. The van der Waals surface area contributed by atoms with Crippen molar-refractivity contribution < 1.29 is 31.6 Å². The molecule has 3 aromatic rings. The lowest BCUT2D eigenvalue weighted by Gasteiger charge is -2.41. The summed E-state index contributed by atoms with van der Waals surface area (Å²) in [7, 11) is -5.89. The van der Waals surface area contributed by atoms with Crippen molar-refractivity contribution in [2.24, 2.45) is 5.41 Å². The van der Waals surface area contributed by atoms with Crippen molar-refractivity contribution in [3.8, 4) is 0 Å². The molecule has 1 amide bonds. The number of sulfone groups is 1. The molecular weight excluding hydrogens is 680 g/mol. The number of halogens is 3. The van der Waals surface area contributed by atoms with Crippen LogP contribution < -0.4 is 0 Å². The smallest absolute Gasteiger partial charge is 0.257 e. The highest BCUT2D eigenvalue weighted by Gasteiger charge is 2.57. The monoisotopic (exact) mass is 719 g/mol. The maximum absolute atomic E-state index is 16.5. The van der Waals surface area contributed by atoms with E-state index in [2.05, 4.69) is 33.9 Å². The third kappa shape index (κ3) is 6.82. The van der Waals surface area contributed by atoms with Gasteiger partial charge in [-0.2, -0.15) is 0 Å². The molecular formula is C35H40Cl2FNO6SSi. The quantitative estimate of drug-likeness (QED) is 0.146. The van der Waals surface area contributed by atoms with Crippen LogP contribution >= 0.6 is 23.2 Å². The Labute approximate surface area is 287 Å². The number of hydrogen-bond donors (Lipinski definition) is 0. The summed E-state index contributed by atoms with van der Waals surface area (Å²) in [5.74, 6) is -1.82. The Kier molecular flexibility index (Phi) is 9.40. The second-order valence-electron chi connectivity index (χ2n) is 14.3. The molecule has 0 saturated heterocycles. The van der Waals surface area contributed by atoms with Crippen LogP contribution in [0.25, 0.3) is 0 Å². The van der Waals surface area contributed by atoms with Gasteiger partial charge >= 0.3 is 0 Å². The molecule has 1 aliphatic heterocycles. The van der Waals surface area contributed by atoms with Gasteiger partial charge in [0.2, 0.25) is 0 Å². The van der Waals surface area contributed by atoms with E-state index < -0.39 is 41.4 Å². The highest BCUT2D eigenvalue weighted by atomic mass is 35.5. The van der Waals surface area contributed by atoms with E-state index in [1.807, 2.05) is 0 Å². The lowest BCUT2D eigenvalue weighted by Crippen LogP contribution is -2.48. The number of amides is 1. The summed E-state index contributed by atoms with van der Waals surface area (Å²) in [5.41, 5.74) is -1.56. The first kappa shape index (κ1) is 35.7. The van der Waals surface area contributed by atoms with E-state index in [1.165, 1.54) is 36.1 Å². The maximum atomic E-state index is 16.5. The molecule has 1 atom stereocenters. The minimum atomic E-state index is -3.79. The first-order chi connectivity index (χ1) is 21.7. The second kappa shape index (κ2) is 12.4. The predicted molar refractivity (Wildman–Crippen MR) is 184 cm³/mol. The number of benzene rings is 3. The summed E-state index contributed by atoms with van der Waals surface area (Å²) in [6.07, 6.45) is 2.70. The molecule has 0 spiro atoms. The van der Waals surface area contributed by atoms with Crippen molar-refractivity contribution in [2.75, 3.05) is 19.5 Å². The summed E-state index contributed by atoms with van der Waals surface area (Å²) in [4.78, 5) is 28.1. The van der Waals surface area contributed by atoms with Gasteiger partial charge < -0.3 is 9.16 Å². The van der Waals surface area contributed by atoms with Crippen molar-refractivity contribution in [2.45, 2.75) is 75.8 Å². The number of nitrogens with zero attached hydrogens (tertiary/aromatic N) is 1. The van der Waals surface area contributed by atoms with E-state index in [0.717, 1.165) is 25.2 Å². The average Bonchev–Trinajstić information content (AvgIpc) is 3.71. The van der Waals surface area contributed by atoms with E-state index in [9.17, 15) is 18.0 Å².